The Hall–Kier alpha value is -3.70. The summed E-state index contributed by atoms with van der Waals surface area (Å²) in [6.45, 7) is 9.85. The lowest BCUT2D eigenvalue weighted by Crippen LogP contribution is -2.54. The van der Waals surface area contributed by atoms with E-state index >= 15 is 0 Å². The van der Waals surface area contributed by atoms with Gasteiger partial charge in [-0.1, -0.05) is 12.1 Å². The van der Waals surface area contributed by atoms with Crippen LogP contribution < -0.4 is 10.6 Å². The molecule has 0 spiro atoms. The SMILES string of the molecule is COC(=O)C(Cc1ccc([N+](=O)[O-])cc1)NC(=O)C(CC(=O)OC(C)(C)C)NC(=O)OC(C)(C)C. The van der Waals surface area contributed by atoms with Crippen LogP contribution in [-0.4, -0.2) is 59.3 Å². The van der Waals surface area contributed by atoms with E-state index in [4.69, 9.17) is 14.2 Å². The molecule has 0 aliphatic carbocycles. The first-order valence-corrected chi connectivity index (χ1v) is 10.8. The highest BCUT2D eigenvalue weighted by molar-refractivity contribution is 5.92. The van der Waals surface area contributed by atoms with Crippen molar-refractivity contribution >= 4 is 29.6 Å². The number of rotatable bonds is 9. The van der Waals surface area contributed by atoms with Crippen LogP contribution in [0, 0.1) is 10.1 Å². The molecule has 12 nitrogen and oxygen atoms in total. The molecule has 12 heteroatoms. The van der Waals surface area contributed by atoms with Gasteiger partial charge in [-0.3, -0.25) is 19.7 Å². The van der Waals surface area contributed by atoms with Crippen molar-refractivity contribution in [3.05, 3.63) is 39.9 Å². The predicted molar refractivity (Wildman–Crippen MR) is 124 cm³/mol. The minimum atomic E-state index is -1.41. The van der Waals surface area contributed by atoms with Crippen molar-refractivity contribution in [1.82, 2.24) is 10.6 Å². The van der Waals surface area contributed by atoms with Gasteiger partial charge in [-0.25, -0.2) is 9.59 Å². The summed E-state index contributed by atoms with van der Waals surface area (Å²) >= 11 is 0. The van der Waals surface area contributed by atoms with Crippen molar-refractivity contribution in [3.63, 3.8) is 0 Å². The summed E-state index contributed by atoms with van der Waals surface area (Å²) in [4.78, 5) is 60.3. The van der Waals surface area contributed by atoms with Gasteiger partial charge in [0.2, 0.25) is 5.91 Å². The number of hydrogen-bond donors (Lipinski definition) is 2. The number of nitro groups is 1. The number of nitro benzene ring substituents is 1. The summed E-state index contributed by atoms with van der Waals surface area (Å²) in [5, 5.41) is 15.7. The van der Waals surface area contributed by atoms with E-state index < -0.39 is 58.6 Å². The van der Waals surface area contributed by atoms with E-state index in [-0.39, 0.29) is 12.1 Å². The van der Waals surface area contributed by atoms with Gasteiger partial charge in [0.1, 0.15) is 23.3 Å². The maximum absolute atomic E-state index is 13.0. The Morgan fingerprint density at radius 3 is 1.91 bits per heavy atom. The fraction of sp³-hybridized carbons (Fsp3) is 0.565. The highest BCUT2D eigenvalue weighted by Gasteiger charge is 2.32. The average molecular weight is 496 g/mol. The third kappa shape index (κ3) is 11.3. The van der Waals surface area contributed by atoms with Gasteiger partial charge in [0.25, 0.3) is 5.69 Å². The standard InChI is InChI=1S/C23H33N3O9/c1-22(2,3)34-18(27)13-16(25-21(30)35-23(4,5)6)19(28)24-17(20(29)33-7)12-14-8-10-15(11-9-14)26(31)32/h8-11,16-17H,12-13H2,1-7H3,(H,24,28)(H,25,30). The fourth-order valence-corrected chi connectivity index (χ4v) is 2.81. The Balaban J connectivity index is 3.08. The number of amides is 2. The van der Waals surface area contributed by atoms with Crippen LogP contribution in [0.3, 0.4) is 0 Å². The van der Waals surface area contributed by atoms with Crippen LogP contribution in [-0.2, 0) is 35.0 Å². The molecule has 0 fully saturated rings. The molecule has 0 aromatic heterocycles. The number of carbonyl (C=O) groups is 4. The lowest BCUT2D eigenvalue weighted by Gasteiger charge is -2.26. The fourth-order valence-electron chi connectivity index (χ4n) is 2.81. The van der Waals surface area contributed by atoms with Gasteiger partial charge in [0.05, 0.1) is 18.5 Å². The second kappa shape index (κ2) is 12.1. The summed E-state index contributed by atoms with van der Waals surface area (Å²) in [6.07, 6.45) is -1.51. The predicted octanol–water partition coefficient (Wildman–Crippen LogP) is 2.42. The molecule has 1 rings (SSSR count). The molecule has 0 heterocycles. The number of nitrogens with one attached hydrogen (secondary N) is 2. The van der Waals surface area contributed by atoms with Crippen molar-refractivity contribution in [2.24, 2.45) is 0 Å². The zero-order valence-electron chi connectivity index (χ0n) is 21.0. The lowest BCUT2D eigenvalue weighted by atomic mass is 10.0. The smallest absolute Gasteiger partial charge is 0.408 e. The molecule has 1 aromatic rings. The van der Waals surface area contributed by atoms with E-state index in [0.29, 0.717) is 5.56 Å². The summed E-state index contributed by atoms with van der Waals surface area (Å²) in [5.74, 6) is -2.39. The molecule has 0 radical (unpaired) electrons. The third-order valence-electron chi connectivity index (χ3n) is 4.19. The molecule has 0 aliphatic heterocycles. The van der Waals surface area contributed by atoms with Gasteiger partial charge in [0, 0.05) is 18.6 Å². The molecule has 1 aromatic carbocycles. The van der Waals surface area contributed by atoms with E-state index in [1.54, 1.807) is 41.5 Å². The molecule has 2 atom stereocenters. The first-order chi connectivity index (χ1) is 16.0. The number of benzene rings is 1. The molecule has 35 heavy (non-hydrogen) atoms. The zero-order chi connectivity index (χ0) is 27.0. The normalized spacial score (nSPS) is 13.1. The Bertz CT molecular complexity index is 901. The maximum Gasteiger partial charge on any atom is 0.408 e. The number of non-ortho nitro benzene ring substituents is 1. The highest BCUT2D eigenvalue weighted by Crippen LogP contribution is 2.15. The summed E-state index contributed by atoms with van der Waals surface area (Å²) < 4.78 is 15.2. The summed E-state index contributed by atoms with van der Waals surface area (Å²) in [6, 6.07) is 2.80. The summed E-state index contributed by atoms with van der Waals surface area (Å²) in [5.41, 5.74) is -1.31. The van der Waals surface area contributed by atoms with Crippen LogP contribution in [0.5, 0.6) is 0 Å². The highest BCUT2D eigenvalue weighted by atomic mass is 16.6. The molecule has 2 amide bonds. The van der Waals surface area contributed by atoms with E-state index in [0.717, 1.165) is 7.11 Å². The van der Waals surface area contributed by atoms with E-state index in [2.05, 4.69) is 10.6 Å². The third-order valence-corrected chi connectivity index (χ3v) is 4.19. The number of carbonyl (C=O) groups excluding carboxylic acids is 4. The van der Waals surface area contributed by atoms with Crippen LogP contribution in [0.2, 0.25) is 0 Å². The number of methoxy groups -OCH3 is 1. The minimum Gasteiger partial charge on any atom is -0.467 e. The van der Waals surface area contributed by atoms with E-state index in [9.17, 15) is 29.3 Å². The van der Waals surface area contributed by atoms with Crippen LogP contribution in [0.25, 0.3) is 0 Å². The lowest BCUT2D eigenvalue weighted by molar-refractivity contribution is -0.384. The van der Waals surface area contributed by atoms with Crippen LogP contribution >= 0.6 is 0 Å². The zero-order valence-corrected chi connectivity index (χ0v) is 21.0. The molecule has 0 bridgehead atoms. The largest absolute Gasteiger partial charge is 0.467 e. The van der Waals surface area contributed by atoms with Crippen LogP contribution in [0.1, 0.15) is 53.5 Å². The molecular formula is C23H33N3O9. The summed E-state index contributed by atoms with van der Waals surface area (Å²) in [7, 11) is 1.13. The first kappa shape index (κ1) is 29.3. The molecule has 194 valence electrons. The number of alkyl carbamates (subject to hydrolysis) is 1. The molecule has 0 aliphatic rings. The van der Waals surface area contributed by atoms with Gasteiger partial charge in [-0.2, -0.15) is 0 Å². The topological polar surface area (TPSA) is 163 Å². The van der Waals surface area contributed by atoms with Crippen molar-refractivity contribution in [2.45, 2.75) is 77.7 Å². The maximum atomic E-state index is 13.0. The Labute approximate surface area is 203 Å². The molecule has 0 saturated carbocycles. The van der Waals surface area contributed by atoms with Crippen LogP contribution in [0.4, 0.5) is 10.5 Å². The van der Waals surface area contributed by atoms with Crippen molar-refractivity contribution in [1.29, 1.82) is 0 Å². The molecule has 2 unspecified atom stereocenters. The number of hydrogen-bond acceptors (Lipinski definition) is 9. The van der Waals surface area contributed by atoms with Crippen LogP contribution in [0.15, 0.2) is 24.3 Å². The quantitative estimate of drug-likeness (QED) is 0.227. The average Bonchev–Trinajstić information content (AvgIpc) is 2.69. The van der Waals surface area contributed by atoms with Crippen molar-refractivity contribution in [2.75, 3.05) is 7.11 Å². The monoisotopic (exact) mass is 495 g/mol. The Morgan fingerprint density at radius 2 is 1.46 bits per heavy atom. The van der Waals surface area contributed by atoms with Gasteiger partial charge >= 0.3 is 18.0 Å². The van der Waals surface area contributed by atoms with E-state index in [1.165, 1.54) is 24.3 Å². The number of ether oxygens (including phenoxy) is 3. The van der Waals surface area contributed by atoms with Gasteiger partial charge in [-0.15, -0.1) is 0 Å². The second-order valence-electron chi connectivity index (χ2n) is 9.70. The molecule has 0 saturated heterocycles. The number of nitrogens with zero attached hydrogens (tertiary/aromatic N) is 1. The van der Waals surface area contributed by atoms with Crippen molar-refractivity contribution in [3.8, 4) is 0 Å². The Kier molecular flexibility index (Phi) is 10.2. The van der Waals surface area contributed by atoms with Gasteiger partial charge < -0.3 is 24.8 Å². The Morgan fingerprint density at radius 1 is 0.914 bits per heavy atom. The first-order valence-electron chi connectivity index (χ1n) is 10.8. The molecule has 2 N–H and O–H groups in total. The van der Waals surface area contributed by atoms with Gasteiger partial charge in [0.15, 0.2) is 0 Å². The van der Waals surface area contributed by atoms with Crippen molar-refractivity contribution < 1.29 is 38.3 Å². The molecular weight excluding hydrogens is 462 g/mol. The van der Waals surface area contributed by atoms with Gasteiger partial charge in [-0.05, 0) is 47.1 Å². The second-order valence-corrected chi connectivity index (χ2v) is 9.70. The van der Waals surface area contributed by atoms with E-state index in [1.807, 2.05) is 0 Å². The number of esters is 2. The minimum absolute atomic E-state index is 0.0536.